The van der Waals surface area contributed by atoms with Crippen LogP contribution < -0.4 is 10.6 Å². The number of hydrogen-bond donors (Lipinski definition) is 2. The molecule has 1 saturated heterocycles. The van der Waals surface area contributed by atoms with E-state index in [4.69, 9.17) is 4.74 Å². The number of carbonyl (C=O) groups is 4. The highest BCUT2D eigenvalue weighted by molar-refractivity contribution is 7.15. The third-order valence-electron chi connectivity index (χ3n) is 8.97. The van der Waals surface area contributed by atoms with Crippen LogP contribution in [0.5, 0.6) is 0 Å². The Bertz CT molecular complexity index is 2260. The van der Waals surface area contributed by atoms with Crippen molar-refractivity contribution in [2.24, 2.45) is 0 Å². The molecule has 13 nitrogen and oxygen atoms in total. The molecule has 250 valence electrons. The Kier molecular flexibility index (Phi) is 8.06. The summed E-state index contributed by atoms with van der Waals surface area (Å²) >= 11 is 1.61. The predicted molar refractivity (Wildman–Crippen MR) is 182 cm³/mol. The Morgan fingerprint density at radius 2 is 1.88 bits per heavy atom. The molecule has 14 heteroatoms. The first kappa shape index (κ1) is 31.4. The summed E-state index contributed by atoms with van der Waals surface area (Å²) in [6.07, 6.45) is 4.46. The van der Waals surface area contributed by atoms with Crippen LogP contribution in [0.1, 0.15) is 72.3 Å². The number of ether oxygens (including phenoxy) is 1. The number of aryl methyl sites for hydroxylation is 1. The van der Waals surface area contributed by atoms with Crippen molar-refractivity contribution in [3.63, 3.8) is 0 Å². The third-order valence-corrected chi connectivity index (χ3v) is 10.1. The molecule has 0 aliphatic carbocycles. The molecule has 5 aromatic rings. The van der Waals surface area contributed by atoms with Crippen LogP contribution in [0.3, 0.4) is 0 Å². The van der Waals surface area contributed by atoms with E-state index in [-0.39, 0.29) is 24.0 Å². The summed E-state index contributed by atoms with van der Waals surface area (Å²) in [5.41, 5.74) is 5.08. The molecule has 3 aliphatic heterocycles. The highest BCUT2D eigenvalue weighted by Gasteiger charge is 2.45. The van der Waals surface area contributed by atoms with Crippen molar-refractivity contribution in [2.75, 3.05) is 11.9 Å². The van der Waals surface area contributed by atoms with Gasteiger partial charge in [-0.15, -0.1) is 21.5 Å². The van der Waals surface area contributed by atoms with E-state index >= 15 is 0 Å². The largest absolute Gasteiger partial charge is 0.383 e. The van der Waals surface area contributed by atoms with Crippen LogP contribution in [0.25, 0.3) is 5.00 Å². The molecular formula is C36H30N8O5S. The predicted octanol–water partition coefficient (Wildman–Crippen LogP) is 3.37. The fourth-order valence-electron chi connectivity index (χ4n) is 6.56. The molecule has 0 saturated carbocycles. The van der Waals surface area contributed by atoms with E-state index in [0.717, 1.165) is 43.1 Å². The van der Waals surface area contributed by atoms with Gasteiger partial charge in [-0.2, -0.15) is 5.10 Å². The van der Waals surface area contributed by atoms with Gasteiger partial charge in [0.05, 0.1) is 40.9 Å². The van der Waals surface area contributed by atoms with E-state index in [9.17, 15) is 19.2 Å². The molecule has 3 aliphatic rings. The molecule has 50 heavy (non-hydrogen) atoms. The summed E-state index contributed by atoms with van der Waals surface area (Å²) in [5, 5.41) is 19.6. The van der Waals surface area contributed by atoms with Crippen molar-refractivity contribution >= 4 is 40.7 Å². The van der Waals surface area contributed by atoms with E-state index in [1.807, 2.05) is 31.3 Å². The SMILES string of the molecule is Cc1nnc2n1-c1sc(C#Cc3cnn(CCNc4cccc5c4C(=O)N(C4CCC(=O)NC4=O)C5=O)c3)c(Cc3ccccc3)c1COC2. The van der Waals surface area contributed by atoms with Crippen molar-refractivity contribution in [3.05, 3.63) is 111 Å². The van der Waals surface area contributed by atoms with Gasteiger partial charge in [0, 0.05) is 30.4 Å². The first-order chi connectivity index (χ1) is 24.4. The Labute approximate surface area is 290 Å². The molecule has 1 atom stereocenters. The number of nitrogens with zero attached hydrogens (tertiary/aromatic N) is 6. The van der Waals surface area contributed by atoms with Crippen LogP contribution in [0.2, 0.25) is 0 Å². The number of benzene rings is 2. The van der Waals surface area contributed by atoms with Gasteiger partial charge < -0.3 is 10.1 Å². The minimum absolute atomic E-state index is 0.0636. The first-order valence-electron chi connectivity index (χ1n) is 16.2. The molecule has 1 fully saturated rings. The lowest BCUT2D eigenvalue weighted by atomic mass is 10.0. The Balaban J connectivity index is 0.990. The monoisotopic (exact) mass is 686 g/mol. The number of amides is 4. The molecule has 0 radical (unpaired) electrons. The normalized spacial score (nSPS) is 16.7. The number of rotatable bonds is 7. The van der Waals surface area contributed by atoms with Crippen LogP contribution in [0.4, 0.5) is 5.69 Å². The fraction of sp³-hybridized carbons (Fsp3) is 0.250. The van der Waals surface area contributed by atoms with Crippen LogP contribution in [0.15, 0.2) is 60.9 Å². The van der Waals surface area contributed by atoms with Crippen molar-refractivity contribution in [1.82, 2.24) is 34.8 Å². The van der Waals surface area contributed by atoms with Crippen molar-refractivity contribution < 1.29 is 23.9 Å². The topological polar surface area (TPSA) is 153 Å². The molecule has 1 unspecified atom stereocenters. The van der Waals surface area contributed by atoms with Gasteiger partial charge in [0.15, 0.2) is 5.82 Å². The maximum Gasteiger partial charge on any atom is 0.264 e. The number of nitrogens with one attached hydrogen (secondary N) is 2. The lowest BCUT2D eigenvalue weighted by Gasteiger charge is -2.27. The minimum atomic E-state index is -1.02. The van der Waals surface area contributed by atoms with Crippen LogP contribution in [0, 0.1) is 18.8 Å². The molecule has 0 bridgehead atoms. The average Bonchev–Trinajstić information content (AvgIpc) is 3.84. The standard InChI is InChI=1S/C36H30N8O5S/c1-21-40-41-30-20-49-19-26-25(16-22-6-3-2-4-7-22)29(50-36(26)43(21)30)12-10-23-17-38-42(18-23)15-14-37-27-9-5-8-24-32(27)35(48)44(34(24)47)28-11-13-31(45)39-33(28)46/h2-9,17-18,28,37H,11,13-16,19-20H2,1H3,(H,39,45,46). The number of aromatic nitrogens is 5. The number of fused-ring (bicyclic) bond motifs is 4. The lowest BCUT2D eigenvalue weighted by Crippen LogP contribution is -2.54. The van der Waals surface area contributed by atoms with Gasteiger partial charge in [-0.05, 0) is 43.0 Å². The van der Waals surface area contributed by atoms with Gasteiger partial charge in [-0.3, -0.25) is 38.6 Å². The Morgan fingerprint density at radius 3 is 2.72 bits per heavy atom. The minimum Gasteiger partial charge on any atom is -0.383 e. The van der Waals surface area contributed by atoms with E-state index in [1.165, 1.54) is 5.56 Å². The summed E-state index contributed by atoms with van der Waals surface area (Å²) in [7, 11) is 0. The molecule has 0 spiro atoms. The quantitative estimate of drug-likeness (QED) is 0.194. The Morgan fingerprint density at radius 1 is 1.02 bits per heavy atom. The smallest absolute Gasteiger partial charge is 0.264 e. The molecule has 3 aromatic heterocycles. The Hall–Kier alpha value is -5.91. The zero-order chi connectivity index (χ0) is 34.4. The molecule has 4 amide bonds. The molecule has 2 aromatic carbocycles. The summed E-state index contributed by atoms with van der Waals surface area (Å²) in [4.78, 5) is 52.5. The number of thiophene rings is 1. The zero-order valence-corrected chi connectivity index (χ0v) is 27.7. The summed E-state index contributed by atoms with van der Waals surface area (Å²) in [6, 6.07) is 14.3. The number of anilines is 1. The second-order valence-corrected chi connectivity index (χ2v) is 13.2. The number of hydrogen-bond acceptors (Lipinski definition) is 10. The maximum atomic E-state index is 13.4. The third kappa shape index (κ3) is 5.66. The van der Waals surface area contributed by atoms with Gasteiger partial charge in [-0.1, -0.05) is 48.2 Å². The van der Waals surface area contributed by atoms with Crippen molar-refractivity contribution in [2.45, 2.75) is 52.0 Å². The zero-order valence-electron chi connectivity index (χ0n) is 26.9. The molecule has 2 N–H and O–H groups in total. The summed E-state index contributed by atoms with van der Waals surface area (Å²) < 4.78 is 9.84. The van der Waals surface area contributed by atoms with Crippen LogP contribution in [-0.2, 0) is 40.5 Å². The highest BCUT2D eigenvalue weighted by atomic mass is 32.1. The van der Waals surface area contributed by atoms with Gasteiger partial charge >= 0.3 is 0 Å². The number of piperidine rings is 1. The number of imide groups is 2. The van der Waals surface area contributed by atoms with Gasteiger partial charge in [0.1, 0.15) is 23.5 Å². The van der Waals surface area contributed by atoms with Gasteiger partial charge in [-0.25, -0.2) is 0 Å². The van der Waals surface area contributed by atoms with Crippen LogP contribution >= 0.6 is 11.3 Å². The maximum absolute atomic E-state index is 13.4. The van der Waals surface area contributed by atoms with E-state index in [1.54, 1.807) is 40.4 Å². The average molecular weight is 687 g/mol. The second-order valence-electron chi connectivity index (χ2n) is 12.2. The molecule has 6 heterocycles. The van der Waals surface area contributed by atoms with Gasteiger partial charge in [0.25, 0.3) is 11.8 Å². The van der Waals surface area contributed by atoms with Crippen LogP contribution in [-0.4, -0.2) is 65.7 Å². The number of carbonyl (C=O) groups excluding carboxylic acids is 4. The highest BCUT2D eigenvalue weighted by Crippen LogP contribution is 2.37. The summed E-state index contributed by atoms with van der Waals surface area (Å²) in [5.74, 6) is 6.12. The molecular weight excluding hydrogens is 657 g/mol. The summed E-state index contributed by atoms with van der Waals surface area (Å²) in [6.45, 7) is 3.66. The van der Waals surface area contributed by atoms with Crippen molar-refractivity contribution in [1.29, 1.82) is 0 Å². The van der Waals surface area contributed by atoms with Gasteiger partial charge in [0.2, 0.25) is 11.8 Å². The van der Waals surface area contributed by atoms with Crippen molar-refractivity contribution in [3.8, 4) is 16.8 Å². The van der Waals surface area contributed by atoms with E-state index in [0.29, 0.717) is 38.4 Å². The van der Waals surface area contributed by atoms with E-state index < -0.39 is 29.7 Å². The fourth-order valence-corrected chi connectivity index (χ4v) is 7.81. The molecule has 8 rings (SSSR count). The first-order valence-corrected chi connectivity index (χ1v) is 17.0. The second kappa shape index (κ2) is 12.8. The lowest BCUT2D eigenvalue weighted by molar-refractivity contribution is -0.136. The van der Waals surface area contributed by atoms with E-state index in [2.05, 4.69) is 54.5 Å².